The van der Waals surface area contributed by atoms with E-state index in [-0.39, 0.29) is 0 Å². The Morgan fingerprint density at radius 1 is 0.643 bits per heavy atom. The molecule has 0 aliphatic heterocycles. The molecule has 0 spiro atoms. The lowest BCUT2D eigenvalue weighted by molar-refractivity contribution is 0.145. The molecule has 14 heavy (non-hydrogen) atoms. The van der Waals surface area contributed by atoms with Crippen molar-refractivity contribution in [3.8, 4) is 0 Å². The quantitative estimate of drug-likeness (QED) is 0.547. The summed E-state index contributed by atoms with van der Waals surface area (Å²) < 4.78 is 0. The summed E-state index contributed by atoms with van der Waals surface area (Å²) in [5.41, 5.74) is 0. The van der Waals surface area contributed by atoms with Gasteiger partial charge < -0.3 is 0 Å². The summed E-state index contributed by atoms with van der Waals surface area (Å²) in [5.74, 6) is 8.58. The maximum atomic E-state index is 2.52. The highest BCUT2D eigenvalue weighted by Crippen LogP contribution is 2.69. The molecule has 0 nitrogen and oxygen atoms in total. The summed E-state index contributed by atoms with van der Waals surface area (Å²) in [4.78, 5) is 0. The van der Waals surface area contributed by atoms with E-state index in [1.54, 1.807) is 0 Å². The molecule has 0 bridgehead atoms. The van der Waals surface area contributed by atoms with Crippen LogP contribution >= 0.6 is 0 Å². The second-order valence-electron chi connectivity index (χ2n) is 6.64. The first-order chi connectivity index (χ1) is 6.61. The van der Waals surface area contributed by atoms with Crippen molar-refractivity contribution in [3.05, 3.63) is 0 Å². The molecule has 80 valence electrons. The van der Waals surface area contributed by atoms with Crippen LogP contribution in [-0.2, 0) is 0 Å². The van der Waals surface area contributed by atoms with Crippen LogP contribution in [0.3, 0.4) is 0 Å². The van der Waals surface area contributed by atoms with Crippen molar-refractivity contribution in [2.24, 2.45) is 47.3 Å². The molecule has 0 radical (unpaired) electrons. The van der Waals surface area contributed by atoms with Gasteiger partial charge in [0.25, 0.3) is 0 Å². The Balaban J connectivity index is 1.87. The zero-order valence-electron chi connectivity index (χ0n) is 10.0. The fourth-order valence-electron chi connectivity index (χ4n) is 4.97. The Labute approximate surface area is 88.5 Å². The topological polar surface area (TPSA) is 0 Å². The highest BCUT2D eigenvalue weighted by Gasteiger charge is 2.64. The molecule has 0 heteroatoms. The summed E-state index contributed by atoms with van der Waals surface area (Å²) in [6.45, 7) is 10.0. The second-order valence-corrected chi connectivity index (χ2v) is 6.64. The van der Waals surface area contributed by atoms with E-state index in [1.807, 2.05) is 0 Å². The molecule has 0 amide bonds. The van der Waals surface area contributed by atoms with Gasteiger partial charge in [0.1, 0.15) is 0 Å². The summed E-state index contributed by atoms with van der Waals surface area (Å²) in [5, 5.41) is 0. The van der Waals surface area contributed by atoms with Crippen LogP contribution in [0.5, 0.6) is 0 Å². The van der Waals surface area contributed by atoms with Crippen molar-refractivity contribution in [2.45, 2.75) is 40.5 Å². The van der Waals surface area contributed by atoms with E-state index in [4.69, 9.17) is 0 Å². The van der Waals surface area contributed by atoms with Crippen molar-refractivity contribution in [2.75, 3.05) is 0 Å². The lowest BCUT2D eigenvalue weighted by Crippen LogP contribution is -2.27. The summed E-state index contributed by atoms with van der Waals surface area (Å²) >= 11 is 0. The van der Waals surface area contributed by atoms with Gasteiger partial charge in [0, 0.05) is 0 Å². The summed E-state index contributed by atoms with van der Waals surface area (Å²) in [7, 11) is 0. The molecular weight excluding hydrogens is 168 g/mol. The Bertz CT molecular complexity index is 220. The molecule has 0 N–H and O–H groups in total. The molecule has 3 saturated carbocycles. The highest BCUT2D eigenvalue weighted by atomic mass is 14.7. The van der Waals surface area contributed by atoms with Gasteiger partial charge in [0.05, 0.1) is 0 Å². The van der Waals surface area contributed by atoms with Crippen LogP contribution in [0.4, 0.5) is 0 Å². The predicted molar refractivity (Wildman–Crippen MR) is 59.9 cm³/mol. The van der Waals surface area contributed by atoms with Crippen LogP contribution in [0.1, 0.15) is 40.5 Å². The lowest BCUT2D eigenvalue weighted by Gasteiger charge is -2.35. The molecule has 0 aromatic carbocycles. The summed E-state index contributed by atoms with van der Waals surface area (Å²) in [6, 6.07) is 0. The van der Waals surface area contributed by atoms with Gasteiger partial charge in [-0.25, -0.2) is 0 Å². The normalized spacial score (nSPS) is 66.0. The maximum Gasteiger partial charge on any atom is -0.0318 e. The van der Waals surface area contributed by atoms with Crippen LogP contribution < -0.4 is 0 Å². The standard InChI is InChI=1S/C14H24/c1-7-5-11-6-8(2)10(4)13-12(9(7)3)14(11)13/h7-14H,5-6H2,1-4H3. The molecule has 6 unspecified atom stereocenters. The van der Waals surface area contributed by atoms with Gasteiger partial charge in [0.15, 0.2) is 0 Å². The van der Waals surface area contributed by atoms with Gasteiger partial charge in [-0.1, -0.05) is 27.7 Å². The first kappa shape index (κ1) is 9.24. The van der Waals surface area contributed by atoms with Gasteiger partial charge in [-0.3, -0.25) is 0 Å². The first-order valence-corrected chi connectivity index (χ1v) is 6.61. The average Bonchev–Trinajstić information content (AvgIpc) is 2.86. The Morgan fingerprint density at radius 3 is 1.50 bits per heavy atom. The summed E-state index contributed by atoms with van der Waals surface area (Å²) in [6.07, 6.45) is 3.08. The molecule has 0 aromatic heterocycles. The van der Waals surface area contributed by atoms with Crippen molar-refractivity contribution < 1.29 is 0 Å². The minimum absolute atomic E-state index is 1.00. The van der Waals surface area contributed by atoms with Crippen LogP contribution in [0.15, 0.2) is 0 Å². The highest BCUT2D eigenvalue weighted by molar-refractivity contribution is 5.11. The van der Waals surface area contributed by atoms with Crippen LogP contribution in [0.2, 0.25) is 0 Å². The number of rotatable bonds is 0. The smallest absolute Gasteiger partial charge is 0.0318 e. The molecule has 0 heterocycles. The SMILES string of the molecule is CC1CC2CC(C)C(C)C3C2C3C1C. The molecule has 3 aliphatic rings. The van der Waals surface area contributed by atoms with Gasteiger partial charge in [0.2, 0.25) is 0 Å². The van der Waals surface area contributed by atoms with Crippen molar-refractivity contribution >= 4 is 0 Å². The lowest BCUT2D eigenvalue weighted by atomic mass is 9.70. The molecule has 0 saturated heterocycles. The van der Waals surface area contributed by atoms with Gasteiger partial charge in [-0.15, -0.1) is 0 Å². The minimum atomic E-state index is 1.00. The average molecular weight is 192 g/mol. The van der Waals surface area contributed by atoms with Crippen molar-refractivity contribution in [1.29, 1.82) is 0 Å². The largest absolute Gasteiger partial charge is 0.0622 e. The minimum Gasteiger partial charge on any atom is -0.0622 e. The third kappa shape index (κ3) is 1.01. The van der Waals surface area contributed by atoms with E-state index in [1.165, 1.54) is 12.8 Å². The van der Waals surface area contributed by atoms with E-state index in [0.717, 1.165) is 47.3 Å². The second kappa shape index (κ2) is 2.77. The molecule has 6 atom stereocenters. The molecule has 3 fully saturated rings. The first-order valence-electron chi connectivity index (χ1n) is 6.61. The van der Waals surface area contributed by atoms with Crippen LogP contribution in [0.25, 0.3) is 0 Å². The third-order valence-corrected chi connectivity index (χ3v) is 6.10. The Kier molecular flexibility index (Phi) is 1.83. The monoisotopic (exact) mass is 192 g/mol. The van der Waals surface area contributed by atoms with Gasteiger partial charge in [-0.05, 0) is 60.2 Å². The Hall–Kier alpha value is 0. The van der Waals surface area contributed by atoms with Gasteiger partial charge in [-0.2, -0.15) is 0 Å². The fourth-order valence-corrected chi connectivity index (χ4v) is 4.97. The van der Waals surface area contributed by atoms with Gasteiger partial charge >= 0.3 is 0 Å². The number of hydrogen-bond donors (Lipinski definition) is 0. The fraction of sp³-hybridized carbons (Fsp3) is 1.00. The van der Waals surface area contributed by atoms with Crippen LogP contribution in [0, 0.1) is 47.3 Å². The maximum absolute atomic E-state index is 2.52. The predicted octanol–water partition coefficient (Wildman–Crippen LogP) is 3.82. The van der Waals surface area contributed by atoms with E-state index in [2.05, 4.69) is 27.7 Å². The zero-order valence-corrected chi connectivity index (χ0v) is 10.0. The van der Waals surface area contributed by atoms with Crippen molar-refractivity contribution in [3.63, 3.8) is 0 Å². The molecule has 3 aliphatic carbocycles. The number of fused-ring (bicyclic) bond motifs is 1. The molecule has 3 rings (SSSR count). The number of hydrogen-bond acceptors (Lipinski definition) is 0. The van der Waals surface area contributed by atoms with Crippen LogP contribution in [-0.4, -0.2) is 0 Å². The third-order valence-electron chi connectivity index (χ3n) is 6.10. The molecule has 0 aromatic rings. The zero-order chi connectivity index (χ0) is 10.0. The van der Waals surface area contributed by atoms with Crippen molar-refractivity contribution in [1.82, 2.24) is 0 Å². The van der Waals surface area contributed by atoms with E-state index in [0.29, 0.717) is 0 Å². The Morgan fingerprint density at radius 2 is 1.07 bits per heavy atom. The van der Waals surface area contributed by atoms with E-state index >= 15 is 0 Å². The molecular formula is C14H24. The van der Waals surface area contributed by atoms with E-state index in [9.17, 15) is 0 Å². The van der Waals surface area contributed by atoms with E-state index < -0.39 is 0 Å².